The molecule has 1 rings (SSSR count). The molecular weight excluding hydrogens is 196 g/mol. The lowest BCUT2D eigenvalue weighted by molar-refractivity contribution is -0.877. The van der Waals surface area contributed by atoms with Crippen molar-refractivity contribution in [2.75, 3.05) is 33.7 Å². The Bertz CT molecular complexity index is 205. The number of quaternary nitrogens is 1. The van der Waals surface area contributed by atoms with Crippen molar-refractivity contribution in [3.8, 4) is 0 Å². The van der Waals surface area contributed by atoms with Crippen LogP contribution in [0.15, 0.2) is 0 Å². The Morgan fingerprint density at radius 1 is 1.27 bits per heavy atom. The number of carbonyl (C=O) groups excluding carboxylic acids is 1. The van der Waals surface area contributed by atoms with Crippen LogP contribution in [0.4, 0.5) is 0 Å². The molecule has 0 aromatic carbocycles. The number of hydrogen-bond donors (Lipinski definition) is 2. The van der Waals surface area contributed by atoms with Gasteiger partial charge in [0.25, 0.3) is 0 Å². The summed E-state index contributed by atoms with van der Waals surface area (Å²) in [6, 6.07) is 0. The van der Waals surface area contributed by atoms with Gasteiger partial charge in [-0.25, -0.2) is 0 Å². The maximum atomic E-state index is 9.97. The molecule has 88 valence electrons. The maximum Gasteiger partial charge on any atom is 0.322 e. The van der Waals surface area contributed by atoms with Crippen LogP contribution in [-0.2, 0) is 9.59 Å². The fourth-order valence-corrected chi connectivity index (χ4v) is 1.39. The summed E-state index contributed by atoms with van der Waals surface area (Å²) in [4.78, 5) is 19.7. The molecule has 0 spiro atoms. The second kappa shape index (κ2) is 6.40. The van der Waals surface area contributed by atoms with Crippen LogP contribution >= 0.6 is 0 Å². The highest BCUT2D eigenvalue weighted by atomic mass is 16.4. The molecule has 0 atom stereocenters. The predicted octanol–water partition coefficient (Wildman–Crippen LogP) is 0.0637. The van der Waals surface area contributed by atoms with Gasteiger partial charge in [0.15, 0.2) is 0 Å². The van der Waals surface area contributed by atoms with E-state index in [0.717, 1.165) is 0 Å². The Balaban J connectivity index is 0.000000262. The molecule has 0 saturated carbocycles. The van der Waals surface area contributed by atoms with E-state index < -0.39 is 5.97 Å². The van der Waals surface area contributed by atoms with Crippen LogP contribution in [0.1, 0.15) is 19.8 Å². The van der Waals surface area contributed by atoms with E-state index >= 15 is 0 Å². The highest BCUT2D eigenvalue weighted by molar-refractivity contribution is 5.79. The predicted molar refractivity (Wildman–Crippen MR) is 57.4 cm³/mol. The van der Waals surface area contributed by atoms with Crippen LogP contribution in [-0.4, -0.2) is 55.2 Å². The van der Waals surface area contributed by atoms with Crippen molar-refractivity contribution in [3.63, 3.8) is 0 Å². The molecule has 0 aromatic rings. The first-order valence-electron chi connectivity index (χ1n) is 5.12. The molecule has 1 amide bonds. The van der Waals surface area contributed by atoms with Crippen molar-refractivity contribution in [2.24, 2.45) is 0 Å². The van der Waals surface area contributed by atoms with E-state index in [0.29, 0.717) is 0 Å². The molecule has 0 bridgehead atoms. The van der Waals surface area contributed by atoms with Crippen LogP contribution < -0.4 is 5.32 Å². The number of hydrogen-bond acceptors (Lipinski definition) is 2. The first-order chi connectivity index (χ1) is 6.83. The largest absolute Gasteiger partial charge is 0.480 e. The lowest BCUT2D eigenvalue weighted by Crippen LogP contribution is -2.35. The lowest BCUT2D eigenvalue weighted by Gasteiger charge is -2.21. The van der Waals surface area contributed by atoms with Crippen molar-refractivity contribution < 1.29 is 19.2 Å². The summed E-state index contributed by atoms with van der Waals surface area (Å²) in [6.45, 7) is 3.75. The second-order valence-electron chi connectivity index (χ2n) is 4.39. The Morgan fingerprint density at radius 2 is 1.73 bits per heavy atom. The van der Waals surface area contributed by atoms with Gasteiger partial charge in [0.05, 0.1) is 27.2 Å². The standard InChI is InChI=1S/C6H14N.C4H7NO3/c1-7(2)5-3-4-6-7;1-3(6)5-2-4(7)8/h3-6H2,1-2H3;2H2,1H3,(H,5,6)(H,7,8)/q+1;. The molecule has 2 N–H and O–H groups in total. The highest BCUT2D eigenvalue weighted by Crippen LogP contribution is 2.11. The molecular formula is C10H21N2O3+. The number of likely N-dealkylation sites (tertiary alicyclic amines) is 1. The zero-order chi connectivity index (χ0) is 11.9. The zero-order valence-electron chi connectivity index (χ0n) is 9.75. The van der Waals surface area contributed by atoms with Crippen molar-refractivity contribution in [1.82, 2.24) is 5.32 Å². The lowest BCUT2D eigenvalue weighted by atomic mass is 10.4. The third kappa shape index (κ3) is 9.21. The minimum absolute atomic E-state index is 0.296. The fourth-order valence-electron chi connectivity index (χ4n) is 1.39. The van der Waals surface area contributed by atoms with Crippen LogP contribution in [0.25, 0.3) is 0 Å². The topological polar surface area (TPSA) is 66.4 Å². The molecule has 0 aromatic heterocycles. The van der Waals surface area contributed by atoms with Crippen molar-refractivity contribution in [3.05, 3.63) is 0 Å². The number of carboxylic acid groups (broad SMARTS) is 1. The summed E-state index contributed by atoms with van der Waals surface area (Å²) in [6.07, 6.45) is 2.88. The van der Waals surface area contributed by atoms with Crippen molar-refractivity contribution in [1.29, 1.82) is 0 Å². The van der Waals surface area contributed by atoms with E-state index in [1.807, 2.05) is 0 Å². The average molecular weight is 217 g/mol. The van der Waals surface area contributed by atoms with Crippen LogP contribution in [0.5, 0.6) is 0 Å². The Labute approximate surface area is 90.7 Å². The van der Waals surface area contributed by atoms with E-state index in [4.69, 9.17) is 5.11 Å². The molecule has 5 heteroatoms. The SMILES string of the molecule is CC(=O)NCC(=O)O.C[N+]1(C)CCCC1. The third-order valence-corrected chi connectivity index (χ3v) is 2.27. The van der Waals surface area contributed by atoms with E-state index in [1.54, 1.807) is 0 Å². The van der Waals surface area contributed by atoms with Gasteiger partial charge >= 0.3 is 5.97 Å². The second-order valence-corrected chi connectivity index (χ2v) is 4.39. The van der Waals surface area contributed by atoms with Crippen LogP contribution in [0, 0.1) is 0 Å². The fraction of sp³-hybridized carbons (Fsp3) is 0.800. The van der Waals surface area contributed by atoms with Gasteiger partial charge in [0.1, 0.15) is 6.54 Å². The minimum Gasteiger partial charge on any atom is -0.480 e. The molecule has 0 radical (unpaired) electrons. The summed E-state index contributed by atoms with van der Waals surface area (Å²) in [5.41, 5.74) is 0. The molecule has 1 heterocycles. The molecule has 0 unspecified atom stereocenters. The summed E-state index contributed by atoms with van der Waals surface area (Å²) >= 11 is 0. The number of amides is 1. The van der Waals surface area contributed by atoms with Gasteiger partial charge < -0.3 is 14.9 Å². The van der Waals surface area contributed by atoms with Gasteiger partial charge in [-0.3, -0.25) is 9.59 Å². The van der Waals surface area contributed by atoms with Crippen molar-refractivity contribution in [2.45, 2.75) is 19.8 Å². The molecule has 1 aliphatic heterocycles. The Hall–Kier alpha value is -1.10. The summed E-state index contributed by atoms with van der Waals surface area (Å²) in [5.74, 6) is -1.35. The quantitative estimate of drug-likeness (QED) is 0.643. The van der Waals surface area contributed by atoms with Gasteiger partial charge in [-0.05, 0) is 0 Å². The first kappa shape index (κ1) is 13.9. The van der Waals surface area contributed by atoms with E-state index in [9.17, 15) is 9.59 Å². The monoisotopic (exact) mass is 217 g/mol. The molecule has 1 fully saturated rings. The molecule has 0 aliphatic carbocycles. The summed E-state index contributed by atoms with van der Waals surface area (Å²) in [7, 11) is 4.60. The highest BCUT2D eigenvalue weighted by Gasteiger charge is 2.19. The van der Waals surface area contributed by atoms with Crippen LogP contribution in [0.2, 0.25) is 0 Å². The van der Waals surface area contributed by atoms with Gasteiger partial charge in [0.2, 0.25) is 5.91 Å². The van der Waals surface area contributed by atoms with E-state index in [1.165, 1.54) is 37.3 Å². The third-order valence-electron chi connectivity index (χ3n) is 2.27. The van der Waals surface area contributed by atoms with Crippen molar-refractivity contribution >= 4 is 11.9 Å². The van der Waals surface area contributed by atoms with Gasteiger partial charge in [-0.2, -0.15) is 0 Å². The number of carbonyl (C=O) groups is 2. The summed E-state index contributed by atoms with van der Waals surface area (Å²) < 4.78 is 1.25. The number of aliphatic carboxylic acids is 1. The van der Waals surface area contributed by atoms with Gasteiger partial charge in [-0.1, -0.05) is 0 Å². The van der Waals surface area contributed by atoms with Crippen LogP contribution in [0.3, 0.4) is 0 Å². The van der Waals surface area contributed by atoms with Gasteiger partial charge in [0, 0.05) is 19.8 Å². The average Bonchev–Trinajstić information content (AvgIpc) is 2.48. The molecule has 5 nitrogen and oxygen atoms in total. The minimum atomic E-state index is -1.03. The summed E-state index contributed by atoms with van der Waals surface area (Å²) in [5, 5.41) is 10.1. The van der Waals surface area contributed by atoms with Gasteiger partial charge in [-0.15, -0.1) is 0 Å². The van der Waals surface area contributed by atoms with E-state index in [-0.39, 0.29) is 12.5 Å². The molecule has 1 saturated heterocycles. The number of nitrogens with zero attached hydrogens (tertiary/aromatic N) is 1. The normalized spacial score (nSPS) is 17.5. The molecule has 15 heavy (non-hydrogen) atoms. The van der Waals surface area contributed by atoms with E-state index in [2.05, 4.69) is 19.4 Å². The number of carboxylic acids is 1. The Morgan fingerprint density at radius 3 is 1.87 bits per heavy atom. The number of rotatable bonds is 2. The zero-order valence-corrected chi connectivity index (χ0v) is 9.75. The smallest absolute Gasteiger partial charge is 0.322 e. The first-order valence-corrected chi connectivity index (χ1v) is 5.12. The maximum absolute atomic E-state index is 9.97. The molecule has 1 aliphatic rings. The Kier molecular flexibility index (Phi) is 5.93. The number of nitrogens with one attached hydrogen (secondary N) is 1.